The molecule has 0 saturated carbocycles. The third kappa shape index (κ3) is 2.05. The topological polar surface area (TPSA) is 12.0 Å². The Balaban J connectivity index is 2.08. The highest BCUT2D eigenvalue weighted by Gasteiger charge is 2.19. The van der Waals surface area contributed by atoms with Crippen molar-refractivity contribution in [1.82, 2.24) is 5.32 Å². The minimum Gasteiger partial charge on any atom is -0.304 e. The van der Waals surface area contributed by atoms with Gasteiger partial charge in [0, 0.05) is 12.1 Å². The molecule has 0 aromatic heterocycles. The monoisotopic (exact) mass is 187 g/mol. The molecule has 1 heterocycles. The lowest BCUT2D eigenvalue weighted by Gasteiger charge is -2.29. The molecule has 1 aliphatic heterocycles. The van der Waals surface area contributed by atoms with Crippen LogP contribution in [0.4, 0.5) is 0 Å². The molecule has 0 bridgehead atoms. The van der Waals surface area contributed by atoms with Crippen LogP contribution in [-0.2, 0) is 0 Å². The lowest BCUT2D eigenvalue weighted by atomic mass is 9.93. The summed E-state index contributed by atoms with van der Waals surface area (Å²) in [6.45, 7) is 3.85. The van der Waals surface area contributed by atoms with E-state index in [1.54, 1.807) is 0 Å². The van der Waals surface area contributed by atoms with E-state index in [-0.39, 0.29) is 0 Å². The molecule has 1 aliphatic rings. The van der Waals surface area contributed by atoms with E-state index >= 15 is 0 Å². The molecule has 1 heteroatoms. The van der Waals surface area contributed by atoms with Crippen molar-refractivity contribution >= 4 is 0 Å². The van der Waals surface area contributed by atoms with Gasteiger partial charge in [0.05, 0.1) is 0 Å². The van der Waals surface area contributed by atoms with Crippen molar-refractivity contribution in [2.75, 3.05) is 0 Å². The summed E-state index contributed by atoms with van der Waals surface area (Å²) in [7, 11) is 0. The molecule has 1 N–H and O–H groups in total. The fourth-order valence-electron chi connectivity index (χ4n) is 2.10. The van der Waals surface area contributed by atoms with E-state index in [1.165, 1.54) is 24.8 Å². The number of nitrogens with one attached hydrogen (secondary N) is 1. The van der Waals surface area contributed by atoms with Crippen LogP contribution >= 0.6 is 0 Å². The summed E-state index contributed by atoms with van der Waals surface area (Å²) in [6.07, 6.45) is 5.79. The first-order chi connectivity index (χ1) is 6.90. The average molecular weight is 187 g/mol. The van der Waals surface area contributed by atoms with Gasteiger partial charge in [0.1, 0.15) is 0 Å². The highest BCUT2D eigenvalue weighted by molar-refractivity contribution is 5.19. The summed E-state index contributed by atoms with van der Waals surface area (Å²) < 4.78 is 0. The number of benzene rings is 1. The van der Waals surface area contributed by atoms with Gasteiger partial charge < -0.3 is 5.32 Å². The van der Waals surface area contributed by atoms with E-state index in [1.807, 2.05) is 6.08 Å². The zero-order chi connectivity index (χ0) is 9.80. The number of rotatable bonds is 2. The molecule has 1 aromatic carbocycles. The highest BCUT2D eigenvalue weighted by atomic mass is 15.0. The summed E-state index contributed by atoms with van der Waals surface area (Å²) >= 11 is 0. The standard InChI is InChI=1S/C13H17N/c1-2-12-9-6-10-13(14-12)11-7-4-3-5-8-11/h2-5,7-8,12-14H,1,6,9-10H2/t12-,13-/m0/s1. The minimum absolute atomic E-state index is 0.494. The number of piperidine rings is 1. The van der Waals surface area contributed by atoms with Crippen LogP contribution in [0.15, 0.2) is 43.0 Å². The van der Waals surface area contributed by atoms with Crippen LogP contribution in [-0.4, -0.2) is 6.04 Å². The molecular weight excluding hydrogens is 170 g/mol. The molecular formula is C13H17N. The molecule has 2 rings (SSSR count). The second-order valence-corrected chi connectivity index (χ2v) is 3.90. The van der Waals surface area contributed by atoms with Crippen molar-refractivity contribution in [3.63, 3.8) is 0 Å². The Bertz CT molecular complexity index is 291. The van der Waals surface area contributed by atoms with Gasteiger partial charge in [-0.15, -0.1) is 6.58 Å². The van der Waals surface area contributed by atoms with E-state index in [2.05, 4.69) is 42.2 Å². The van der Waals surface area contributed by atoms with Gasteiger partial charge in [-0.1, -0.05) is 36.4 Å². The molecule has 1 nitrogen and oxygen atoms in total. The lowest BCUT2D eigenvalue weighted by Crippen LogP contribution is -2.35. The maximum Gasteiger partial charge on any atom is 0.0325 e. The van der Waals surface area contributed by atoms with Crippen LogP contribution in [0.5, 0.6) is 0 Å². The molecule has 2 atom stereocenters. The van der Waals surface area contributed by atoms with Crippen molar-refractivity contribution in [3.8, 4) is 0 Å². The molecule has 1 aromatic rings. The largest absolute Gasteiger partial charge is 0.304 e. The third-order valence-corrected chi connectivity index (χ3v) is 2.91. The Morgan fingerprint density at radius 3 is 2.71 bits per heavy atom. The van der Waals surface area contributed by atoms with E-state index in [9.17, 15) is 0 Å². The second-order valence-electron chi connectivity index (χ2n) is 3.90. The molecule has 0 radical (unpaired) electrons. The van der Waals surface area contributed by atoms with Crippen LogP contribution < -0.4 is 5.32 Å². The Labute approximate surface area is 85.8 Å². The van der Waals surface area contributed by atoms with Crippen molar-refractivity contribution in [2.24, 2.45) is 0 Å². The van der Waals surface area contributed by atoms with Gasteiger partial charge >= 0.3 is 0 Å². The zero-order valence-corrected chi connectivity index (χ0v) is 8.45. The van der Waals surface area contributed by atoms with Gasteiger partial charge in [0.15, 0.2) is 0 Å². The molecule has 0 spiro atoms. The minimum atomic E-state index is 0.494. The number of hydrogen-bond donors (Lipinski definition) is 1. The lowest BCUT2D eigenvalue weighted by molar-refractivity contribution is 0.363. The fourth-order valence-corrected chi connectivity index (χ4v) is 2.10. The van der Waals surface area contributed by atoms with Crippen molar-refractivity contribution in [1.29, 1.82) is 0 Å². The smallest absolute Gasteiger partial charge is 0.0325 e. The second kappa shape index (κ2) is 4.43. The van der Waals surface area contributed by atoms with E-state index < -0.39 is 0 Å². The van der Waals surface area contributed by atoms with Crippen LogP contribution in [0.3, 0.4) is 0 Å². The summed E-state index contributed by atoms with van der Waals surface area (Å²) in [5.74, 6) is 0. The zero-order valence-electron chi connectivity index (χ0n) is 8.45. The van der Waals surface area contributed by atoms with E-state index in [0.717, 1.165) is 0 Å². The fraction of sp³-hybridized carbons (Fsp3) is 0.385. The predicted molar refractivity (Wildman–Crippen MR) is 60.2 cm³/mol. The first-order valence-corrected chi connectivity index (χ1v) is 5.33. The molecule has 74 valence electrons. The maximum absolute atomic E-state index is 3.85. The Morgan fingerprint density at radius 2 is 2.00 bits per heavy atom. The molecule has 0 aliphatic carbocycles. The van der Waals surface area contributed by atoms with E-state index in [0.29, 0.717) is 12.1 Å². The molecule has 14 heavy (non-hydrogen) atoms. The van der Waals surface area contributed by atoms with Gasteiger partial charge in [-0.3, -0.25) is 0 Å². The van der Waals surface area contributed by atoms with Gasteiger partial charge in [-0.05, 0) is 24.8 Å². The van der Waals surface area contributed by atoms with Crippen LogP contribution in [0.1, 0.15) is 30.9 Å². The van der Waals surface area contributed by atoms with Crippen molar-refractivity contribution in [2.45, 2.75) is 31.3 Å². The van der Waals surface area contributed by atoms with Gasteiger partial charge in [-0.25, -0.2) is 0 Å². The summed E-state index contributed by atoms with van der Waals surface area (Å²) in [6, 6.07) is 11.7. The maximum atomic E-state index is 3.85. The number of hydrogen-bond acceptors (Lipinski definition) is 1. The quantitative estimate of drug-likeness (QED) is 0.702. The predicted octanol–water partition coefficient (Wildman–Crippen LogP) is 3.06. The normalized spacial score (nSPS) is 27.1. The Hall–Kier alpha value is -1.08. The van der Waals surface area contributed by atoms with Crippen molar-refractivity contribution < 1.29 is 0 Å². The van der Waals surface area contributed by atoms with Crippen LogP contribution in [0, 0.1) is 0 Å². The van der Waals surface area contributed by atoms with Gasteiger partial charge in [0.2, 0.25) is 0 Å². The van der Waals surface area contributed by atoms with Crippen LogP contribution in [0.2, 0.25) is 0 Å². The average Bonchev–Trinajstić information content (AvgIpc) is 2.30. The van der Waals surface area contributed by atoms with Gasteiger partial charge in [-0.2, -0.15) is 0 Å². The Kier molecular flexibility index (Phi) is 3.00. The van der Waals surface area contributed by atoms with Crippen LogP contribution in [0.25, 0.3) is 0 Å². The van der Waals surface area contributed by atoms with Gasteiger partial charge in [0.25, 0.3) is 0 Å². The summed E-state index contributed by atoms with van der Waals surface area (Å²) in [5.41, 5.74) is 1.40. The molecule has 1 fully saturated rings. The third-order valence-electron chi connectivity index (χ3n) is 2.91. The molecule has 1 saturated heterocycles. The SMILES string of the molecule is C=C[C@H]1CCC[C@@H](c2ccccc2)N1. The molecule has 0 unspecified atom stereocenters. The summed E-state index contributed by atoms with van der Waals surface area (Å²) in [4.78, 5) is 0. The first kappa shape index (κ1) is 9.47. The summed E-state index contributed by atoms with van der Waals surface area (Å²) in [5, 5.41) is 3.60. The Morgan fingerprint density at radius 1 is 1.21 bits per heavy atom. The molecule has 0 amide bonds. The van der Waals surface area contributed by atoms with E-state index in [4.69, 9.17) is 0 Å². The van der Waals surface area contributed by atoms with Crippen molar-refractivity contribution in [3.05, 3.63) is 48.6 Å². The first-order valence-electron chi connectivity index (χ1n) is 5.33. The highest BCUT2D eigenvalue weighted by Crippen LogP contribution is 2.25.